The van der Waals surface area contributed by atoms with E-state index in [1.165, 1.54) is 6.08 Å². The second-order valence-electron chi connectivity index (χ2n) is 4.66. The van der Waals surface area contributed by atoms with Gasteiger partial charge in [-0.15, -0.1) is 0 Å². The van der Waals surface area contributed by atoms with E-state index in [0.29, 0.717) is 12.1 Å². The van der Waals surface area contributed by atoms with Crippen LogP contribution in [0.5, 0.6) is 0 Å². The fourth-order valence-corrected chi connectivity index (χ4v) is 1.78. The Bertz CT molecular complexity index is 685. The van der Waals surface area contributed by atoms with Crippen LogP contribution in [0.1, 0.15) is 29.3 Å². The number of benzene rings is 1. The average molecular weight is 346 g/mol. The van der Waals surface area contributed by atoms with Gasteiger partial charge in [0, 0.05) is 6.07 Å². The number of nitrogens with zero attached hydrogens (tertiary/aromatic N) is 1. The van der Waals surface area contributed by atoms with Gasteiger partial charge in [-0.1, -0.05) is 12.2 Å². The number of carboxylic acid groups (broad SMARTS) is 1. The number of aliphatic carboxylic acids is 1. The van der Waals surface area contributed by atoms with E-state index in [9.17, 15) is 32.9 Å². The molecule has 10 heteroatoms. The third kappa shape index (κ3) is 4.80. The number of carbonyl (C=O) groups is 2. The Balaban J connectivity index is 3.18. The summed E-state index contributed by atoms with van der Waals surface area (Å²) < 4.78 is 37.8. The molecule has 7 nitrogen and oxygen atoms in total. The zero-order chi connectivity index (χ0) is 18.5. The summed E-state index contributed by atoms with van der Waals surface area (Å²) in [6, 6.07) is 0.0288. The van der Waals surface area contributed by atoms with Gasteiger partial charge in [0.1, 0.15) is 11.6 Å². The molecule has 0 spiro atoms. The molecule has 0 aliphatic carbocycles. The van der Waals surface area contributed by atoms with Crippen molar-refractivity contribution in [2.75, 3.05) is 0 Å². The van der Waals surface area contributed by atoms with Gasteiger partial charge in [-0.3, -0.25) is 14.9 Å². The lowest BCUT2D eigenvalue weighted by molar-refractivity contribution is -0.385. The summed E-state index contributed by atoms with van der Waals surface area (Å²) in [6.07, 6.45) is -1.88. The van der Waals surface area contributed by atoms with Crippen molar-refractivity contribution < 1.29 is 32.8 Å². The minimum atomic E-state index is -4.81. The quantitative estimate of drug-likeness (QED) is 0.468. The fourth-order valence-electron chi connectivity index (χ4n) is 1.78. The Hall–Kier alpha value is -2.91. The van der Waals surface area contributed by atoms with Crippen molar-refractivity contribution in [2.24, 2.45) is 0 Å². The number of alkyl halides is 3. The van der Waals surface area contributed by atoms with Gasteiger partial charge in [0.15, 0.2) is 0 Å². The molecule has 0 radical (unpaired) electrons. The standard InChI is InChI=1S/C14H13F3N2O5/c1-2-3-4-10(13(21)22)18-12(20)9-6-5-8(14(15,16)17)7-11(9)19(23)24/h2-3,5-7,10H,4H2,1H3,(H,18,20)(H,21,22)/b3-2+. The van der Waals surface area contributed by atoms with E-state index in [0.717, 1.165) is 0 Å². The van der Waals surface area contributed by atoms with Gasteiger partial charge in [-0.2, -0.15) is 13.2 Å². The van der Waals surface area contributed by atoms with Crippen molar-refractivity contribution in [3.63, 3.8) is 0 Å². The van der Waals surface area contributed by atoms with E-state index < -0.39 is 45.8 Å². The normalized spacial score (nSPS) is 12.8. The SMILES string of the molecule is C/C=C/CC(NC(=O)c1ccc(C(F)(F)F)cc1[N+](=O)[O-])C(=O)O. The first-order valence-electron chi connectivity index (χ1n) is 6.58. The van der Waals surface area contributed by atoms with Crippen LogP contribution in [0.15, 0.2) is 30.4 Å². The van der Waals surface area contributed by atoms with E-state index >= 15 is 0 Å². The van der Waals surface area contributed by atoms with Crippen LogP contribution < -0.4 is 5.32 Å². The Labute approximate surface area is 133 Å². The number of rotatable bonds is 6. The van der Waals surface area contributed by atoms with Gasteiger partial charge in [0.2, 0.25) is 0 Å². The number of carboxylic acids is 1. The summed E-state index contributed by atoms with van der Waals surface area (Å²) in [5, 5.41) is 22.0. The highest BCUT2D eigenvalue weighted by Crippen LogP contribution is 2.33. The highest BCUT2D eigenvalue weighted by atomic mass is 19.4. The Morgan fingerprint density at radius 3 is 2.50 bits per heavy atom. The van der Waals surface area contributed by atoms with Crippen molar-refractivity contribution >= 4 is 17.6 Å². The summed E-state index contributed by atoms with van der Waals surface area (Å²) in [7, 11) is 0. The van der Waals surface area contributed by atoms with Gasteiger partial charge in [0.05, 0.1) is 10.5 Å². The number of nitrogens with one attached hydrogen (secondary N) is 1. The minimum Gasteiger partial charge on any atom is -0.480 e. The minimum absolute atomic E-state index is 0.0774. The predicted molar refractivity (Wildman–Crippen MR) is 76.4 cm³/mol. The van der Waals surface area contributed by atoms with Crippen LogP contribution >= 0.6 is 0 Å². The topological polar surface area (TPSA) is 110 Å². The first-order valence-corrected chi connectivity index (χ1v) is 6.58. The molecular weight excluding hydrogens is 333 g/mol. The Morgan fingerprint density at radius 2 is 2.04 bits per heavy atom. The van der Waals surface area contributed by atoms with E-state index in [1.54, 1.807) is 13.0 Å². The van der Waals surface area contributed by atoms with Crippen LogP contribution in [0.4, 0.5) is 18.9 Å². The maximum Gasteiger partial charge on any atom is 0.416 e. The molecule has 0 saturated carbocycles. The second-order valence-corrected chi connectivity index (χ2v) is 4.66. The van der Waals surface area contributed by atoms with Crippen LogP contribution in [0.2, 0.25) is 0 Å². The second kappa shape index (κ2) is 7.57. The van der Waals surface area contributed by atoms with Crippen LogP contribution in [0.3, 0.4) is 0 Å². The number of amides is 1. The lowest BCUT2D eigenvalue weighted by atomic mass is 10.1. The molecule has 0 heterocycles. The molecule has 0 fully saturated rings. The molecule has 1 rings (SSSR count). The molecule has 0 aromatic heterocycles. The van der Waals surface area contributed by atoms with Gasteiger partial charge < -0.3 is 10.4 Å². The van der Waals surface area contributed by atoms with Crippen LogP contribution in [0.25, 0.3) is 0 Å². The Kier molecular flexibility index (Phi) is 6.04. The molecule has 24 heavy (non-hydrogen) atoms. The summed E-state index contributed by atoms with van der Waals surface area (Å²) in [4.78, 5) is 32.9. The number of carbonyl (C=O) groups excluding carboxylic acids is 1. The van der Waals surface area contributed by atoms with Crippen molar-refractivity contribution in [3.8, 4) is 0 Å². The summed E-state index contributed by atoms with van der Waals surface area (Å²) in [5.74, 6) is -2.52. The first-order chi connectivity index (χ1) is 11.1. The van der Waals surface area contributed by atoms with Gasteiger partial charge >= 0.3 is 12.1 Å². The van der Waals surface area contributed by atoms with E-state index in [1.807, 2.05) is 5.32 Å². The van der Waals surface area contributed by atoms with Crippen LogP contribution in [-0.2, 0) is 11.0 Å². The highest BCUT2D eigenvalue weighted by molar-refractivity contribution is 6.00. The number of nitro benzene ring substituents is 1. The van der Waals surface area contributed by atoms with Crippen molar-refractivity contribution in [2.45, 2.75) is 25.6 Å². The van der Waals surface area contributed by atoms with Crippen LogP contribution in [-0.4, -0.2) is 27.9 Å². The maximum atomic E-state index is 12.6. The predicted octanol–water partition coefficient (Wildman–Crippen LogP) is 2.76. The third-order valence-electron chi connectivity index (χ3n) is 2.98. The van der Waals surface area contributed by atoms with Gasteiger partial charge in [-0.05, 0) is 25.5 Å². The van der Waals surface area contributed by atoms with Crippen molar-refractivity contribution in [3.05, 3.63) is 51.6 Å². The number of nitro groups is 1. The molecule has 1 unspecified atom stereocenters. The fraction of sp³-hybridized carbons (Fsp3) is 0.286. The molecule has 130 valence electrons. The molecular formula is C14H13F3N2O5. The molecule has 0 aliphatic heterocycles. The number of hydrogen-bond donors (Lipinski definition) is 2. The largest absolute Gasteiger partial charge is 0.480 e. The van der Waals surface area contributed by atoms with E-state index in [-0.39, 0.29) is 12.5 Å². The smallest absolute Gasteiger partial charge is 0.416 e. The number of hydrogen-bond acceptors (Lipinski definition) is 4. The summed E-state index contributed by atoms with van der Waals surface area (Å²) in [5.41, 5.74) is -2.99. The lowest BCUT2D eigenvalue weighted by Crippen LogP contribution is -2.40. The van der Waals surface area contributed by atoms with Gasteiger partial charge in [0.25, 0.3) is 11.6 Å². The summed E-state index contributed by atoms with van der Waals surface area (Å²) in [6.45, 7) is 1.63. The molecule has 2 N–H and O–H groups in total. The lowest BCUT2D eigenvalue weighted by Gasteiger charge is -2.13. The Morgan fingerprint density at radius 1 is 1.42 bits per heavy atom. The van der Waals surface area contributed by atoms with Crippen LogP contribution in [0, 0.1) is 10.1 Å². The van der Waals surface area contributed by atoms with Crippen molar-refractivity contribution in [1.29, 1.82) is 0 Å². The number of allylic oxidation sites excluding steroid dienone is 1. The zero-order valence-electron chi connectivity index (χ0n) is 12.3. The molecule has 1 amide bonds. The molecule has 0 bridgehead atoms. The number of halogens is 3. The molecule has 1 aromatic carbocycles. The average Bonchev–Trinajstić information content (AvgIpc) is 2.49. The van der Waals surface area contributed by atoms with Crippen molar-refractivity contribution in [1.82, 2.24) is 5.32 Å². The molecule has 1 atom stereocenters. The third-order valence-corrected chi connectivity index (χ3v) is 2.98. The van der Waals surface area contributed by atoms with E-state index in [2.05, 4.69) is 0 Å². The maximum absolute atomic E-state index is 12.6. The highest BCUT2D eigenvalue weighted by Gasteiger charge is 2.34. The molecule has 1 aromatic rings. The van der Waals surface area contributed by atoms with Gasteiger partial charge in [-0.25, -0.2) is 4.79 Å². The zero-order valence-corrected chi connectivity index (χ0v) is 12.3. The van der Waals surface area contributed by atoms with E-state index in [4.69, 9.17) is 5.11 Å². The molecule has 0 aliphatic rings. The summed E-state index contributed by atoms with van der Waals surface area (Å²) >= 11 is 0. The molecule has 0 saturated heterocycles. The first kappa shape index (κ1) is 19.1. The monoisotopic (exact) mass is 346 g/mol.